The highest BCUT2D eigenvalue weighted by atomic mass is 14.1. The minimum Gasteiger partial charge on any atom is -0.0654 e. The first-order chi connectivity index (χ1) is 8.38. The van der Waals surface area contributed by atoms with Gasteiger partial charge in [-0.25, -0.2) is 0 Å². The van der Waals surface area contributed by atoms with E-state index in [-0.39, 0.29) is 0 Å². The summed E-state index contributed by atoms with van der Waals surface area (Å²) in [5, 5.41) is 0. The third-order valence-electron chi connectivity index (χ3n) is 3.47. The van der Waals surface area contributed by atoms with Crippen LogP contribution in [0.3, 0.4) is 0 Å². The summed E-state index contributed by atoms with van der Waals surface area (Å²) in [5.41, 5.74) is 3.19. The molecule has 96 valence electrons. The van der Waals surface area contributed by atoms with Crippen molar-refractivity contribution in [2.75, 3.05) is 0 Å². The second-order valence-electron chi connectivity index (χ2n) is 5.04. The Kier molecular flexibility index (Phi) is 7.79. The molecule has 1 aromatic rings. The monoisotopic (exact) mass is 232 g/mol. The van der Waals surface area contributed by atoms with Gasteiger partial charge in [0.2, 0.25) is 0 Å². The lowest BCUT2D eigenvalue weighted by Gasteiger charge is -2.09. The minimum atomic E-state index is 1.28. The summed E-state index contributed by atoms with van der Waals surface area (Å²) in [4.78, 5) is 0. The van der Waals surface area contributed by atoms with Crippen LogP contribution in [-0.4, -0.2) is 0 Å². The molecule has 0 aliphatic rings. The average Bonchev–Trinajstić information content (AvgIpc) is 2.36. The topological polar surface area (TPSA) is 0 Å². The molecule has 0 bridgehead atoms. The zero-order valence-electron chi connectivity index (χ0n) is 11.7. The van der Waals surface area contributed by atoms with E-state index < -0.39 is 0 Å². The van der Waals surface area contributed by atoms with E-state index in [0.717, 1.165) is 0 Å². The fourth-order valence-corrected chi connectivity index (χ4v) is 2.35. The van der Waals surface area contributed by atoms with Crippen molar-refractivity contribution in [3.8, 4) is 0 Å². The van der Waals surface area contributed by atoms with E-state index in [1.807, 2.05) is 0 Å². The molecule has 0 saturated carbocycles. The lowest BCUT2D eigenvalue weighted by Crippen LogP contribution is -1.95. The predicted molar refractivity (Wildman–Crippen MR) is 77.5 cm³/mol. The normalized spacial score (nSPS) is 10.7. The van der Waals surface area contributed by atoms with Crippen LogP contribution in [0.25, 0.3) is 0 Å². The summed E-state index contributed by atoms with van der Waals surface area (Å²) in [5.74, 6) is 0. The largest absolute Gasteiger partial charge is 0.0654 e. The van der Waals surface area contributed by atoms with Gasteiger partial charge >= 0.3 is 0 Å². The fourth-order valence-electron chi connectivity index (χ4n) is 2.35. The van der Waals surface area contributed by atoms with Crippen molar-refractivity contribution in [3.05, 3.63) is 35.4 Å². The lowest BCUT2D eigenvalue weighted by atomic mass is 9.97. The summed E-state index contributed by atoms with van der Waals surface area (Å²) in [6.45, 7) is 4.55. The molecule has 0 aliphatic carbocycles. The Morgan fingerprint density at radius 1 is 0.647 bits per heavy atom. The summed E-state index contributed by atoms with van der Waals surface area (Å²) in [7, 11) is 0. The summed E-state index contributed by atoms with van der Waals surface area (Å²) < 4.78 is 0. The minimum absolute atomic E-state index is 1.28. The van der Waals surface area contributed by atoms with E-state index in [0.29, 0.717) is 0 Å². The maximum Gasteiger partial charge on any atom is -0.0276 e. The third-order valence-corrected chi connectivity index (χ3v) is 3.47. The van der Waals surface area contributed by atoms with E-state index in [2.05, 4.69) is 38.1 Å². The summed E-state index contributed by atoms with van der Waals surface area (Å²) in [6.07, 6.45) is 12.1. The first kappa shape index (κ1) is 14.3. The van der Waals surface area contributed by atoms with Gasteiger partial charge in [0.15, 0.2) is 0 Å². The van der Waals surface area contributed by atoms with Crippen LogP contribution in [0.4, 0.5) is 0 Å². The van der Waals surface area contributed by atoms with E-state index in [1.54, 1.807) is 11.1 Å². The highest BCUT2D eigenvalue weighted by molar-refractivity contribution is 5.27. The van der Waals surface area contributed by atoms with E-state index in [9.17, 15) is 0 Å². The van der Waals surface area contributed by atoms with Crippen LogP contribution in [-0.2, 0) is 12.8 Å². The molecule has 0 fully saturated rings. The van der Waals surface area contributed by atoms with Gasteiger partial charge in [-0.3, -0.25) is 0 Å². The number of hydrogen-bond donors (Lipinski definition) is 0. The van der Waals surface area contributed by atoms with Gasteiger partial charge in [0, 0.05) is 0 Å². The molecular formula is C17H28. The number of aryl methyl sites for hydroxylation is 2. The van der Waals surface area contributed by atoms with Crippen molar-refractivity contribution in [3.63, 3.8) is 0 Å². The quantitative estimate of drug-likeness (QED) is 0.490. The van der Waals surface area contributed by atoms with Gasteiger partial charge in [-0.1, -0.05) is 70.2 Å². The van der Waals surface area contributed by atoms with Crippen LogP contribution < -0.4 is 0 Å². The first-order valence-corrected chi connectivity index (χ1v) is 7.45. The van der Waals surface area contributed by atoms with E-state index in [1.165, 1.54) is 57.8 Å². The Morgan fingerprint density at radius 2 is 1.12 bits per heavy atom. The highest BCUT2D eigenvalue weighted by Crippen LogP contribution is 2.16. The van der Waals surface area contributed by atoms with Crippen LogP contribution in [0.1, 0.15) is 69.9 Å². The van der Waals surface area contributed by atoms with E-state index >= 15 is 0 Å². The molecule has 1 aromatic carbocycles. The predicted octanol–water partition coefficient (Wildman–Crippen LogP) is 5.54. The Morgan fingerprint density at radius 3 is 1.65 bits per heavy atom. The van der Waals surface area contributed by atoms with Crippen molar-refractivity contribution >= 4 is 0 Å². The van der Waals surface area contributed by atoms with Gasteiger partial charge in [0.1, 0.15) is 0 Å². The van der Waals surface area contributed by atoms with Gasteiger partial charge in [0.05, 0.1) is 0 Å². The van der Waals surface area contributed by atoms with Crippen LogP contribution in [0.2, 0.25) is 0 Å². The molecule has 0 amide bonds. The van der Waals surface area contributed by atoms with Crippen LogP contribution in [0, 0.1) is 0 Å². The van der Waals surface area contributed by atoms with Gasteiger partial charge in [-0.15, -0.1) is 0 Å². The van der Waals surface area contributed by atoms with Gasteiger partial charge in [-0.05, 0) is 36.8 Å². The number of unbranched alkanes of at least 4 members (excludes halogenated alkanes) is 5. The van der Waals surface area contributed by atoms with Gasteiger partial charge < -0.3 is 0 Å². The Hall–Kier alpha value is -0.780. The van der Waals surface area contributed by atoms with Crippen molar-refractivity contribution in [2.45, 2.75) is 71.6 Å². The maximum absolute atomic E-state index is 2.33. The highest BCUT2D eigenvalue weighted by Gasteiger charge is 2.01. The third kappa shape index (κ3) is 5.91. The van der Waals surface area contributed by atoms with Crippen LogP contribution >= 0.6 is 0 Å². The Bertz CT molecular complexity index is 288. The maximum atomic E-state index is 2.33. The molecule has 0 unspecified atom stereocenters. The molecule has 1 rings (SSSR count). The van der Waals surface area contributed by atoms with Crippen molar-refractivity contribution in [2.24, 2.45) is 0 Å². The molecule has 0 radical (unpaired) electrons. The standard InChI is InChI=1S/C17H28/c1-3-5-7-9-13-17-15-11-10-14-16(17)12-8-6-4-2/h10-11,14-15H,3-9,12-13H2,1-2H3. The average molecular weight is 232 g/mol. The molecule has 0 aliphatic heterocycles. The van der Waals surface area contributed by atoms with Crippen molar-refractivity contribution in [1.82, 2.24) is 0 Å². The molecule has 0 heteroatoms. The Balaban J connectivity index is 2.40. The van der Waals surface area contributed by atoms with Gasteiger partial charge in [-0.2, -0.15) is 0 Å². The zero-order chi connectivity index (χ0) is 12.3. The SMILES string of the molecule is CCCCCCc1ccccc1CCCCC. The molecule has 0 nitrogen and oxygen atoms in total. The smallest absolute Gasteiger partial charge is 0.0276 e. The van der Waals surface area contributed by atoms with E-state index in [4.69, 9.17) is 0 Å². The molecule has 0 heterocycles. The summed E-state index contributed by atoms with van der Waals surface area (Å²) in [6, 6.07) is 9.04. The molecule has 0 atom stereocenters. The van der Waals surface area contributed by atoms with Crippen LogP contribution in [0.15, 0.2) is 24.3 Å². The molecule has 17 heavy (non-hydrogen) atoms. The number of hydrogen-bond acceptors (Lipinski definition) is 0. The molecule has 0 spiro atoms. The number of rotatable bonds is 9. The zero-order valence-corrected chi connectivity index (χ0v) is 11.7. The number of benzene rings is 1. The second kappa shape index (κ2) is 9.27. The Labute approximate surface area is 107 Å². The van der Waals surface area contributed by atoms with Crippen molar-refractivity contribution in [1.29, 1.82) is 0 Å². The molecule has 0 N–H and O–H groups in total. The molecular weight excluding hydrogens is 204 g/mol. The van der Waals surface area contributed by atoms with Crippen molar-refractivity contribution < 1.29 is 0 Å². The fraction of sp³-hybridized carbons (Fsp3) is 0.647. The second-order valence-corrected chi connectivity index (χ2v) is 5.04. The van der Waals surface area contributed by atoms with Gasteiger partial charge in [0.25, 0.3) is 0 Å². The lowest BCUT2D eigenvalue weighted by molar-refractivity contribution is 0.660. The molecule has 0 aromatic heterocycles. The molecule has 0 saturated heterocycles. The van der Waals surface area contributed by atoms with Crippen LogP contribution in [0.5, 0.6) is 0 Å². The first-order valence-electron chi connectivity index (χ1n) is 7.45. The summed E-state index contributed by atoms with van der Waals surface area (Å²) >= 11 is 0.